The molecule has 9 heteroatoms. The summed E-state index contributed by atoms with van der Waals surface area (Å²) < 4.78 is 1.58. The number of aryl methyl sites for hydroxylation is 1. The molecule has 0 atom stereocenters. The number of thiazole rings is 1. The summed E-state index contributed by atoms with van der Waals surface area (Å²) in [5.74, 6) is 1.55. The van der Waals surface area contributed by atoms with Crippen LogP contribution in [0.3, 0.4) is 0 Å². The van der Waals surface area contributed by atoms with E-state index in [0.29, 0.717) is 17.5 Å². The van der Waals surface area contributed by atoms with E-state index < -0.39 is 0 Å². The maximum absolute atomic E-state index is 12.1. The first-order chi connectivity index (χ1) is 12.1. The maximum atomic E-state index is 12.1. The second-order valence-electron chi connectivity index (χ2n) is 6.00. The quantitative estimate of drug-likeness (QED) is 0.650. The molecule has 0 spiro atoms. The van der Waals surface area contributed by atoms with Gasteiger partial charge in [0.05, 0.1) is 5.69 Å². The molecule has 4 heterocycles. The number of nitrogens with zero attached hydrogens (tertiary/aromatic N) is 6. The van der Waals surface area contributed by atoms with Crippen LogP contribution >= 0.6 is 22.9 Å². The first-order valence-corrected chi connectivity index (χ1v) is 9.28. The number of piperazine rings is 1. The summed E-state index contributed by atoms with van der Waals surface area (Å²) in [4.78, 5) is 30.5. The minimum atomic E-state index is -0.0222. The van der Waals surface area contributed by atoms with Crippen molar-refractivity contribution in [3.8, 4) is 0 Å². The molecule has 4 rings (SSSR count). The van der Waals surface area contributed by atoms with E-state index in [1.807, 2.05) is 12.3 Å². The molecule has 0 saturated carbocycles. The van der Waals surface area contributed by atoms with Gasteiger partial charge in [-0.1, -0.05) is 11.6 Å². The number of anilines is 1. The Bertz CT molecular complexity index is 942. The van der Waals surface area contributed by atoms with Crippen molar-refractivity contribution >= 4 is 33.7 Å². The average Bonchev–Trinajstić information content (AvgIpc) is 3.04. The van der Waals surface area contributed by atoms with Crippen molar-refractivity contribution in [2.75, 3.05) is 31.1 Å². The molecule has 0 N–H and O–H groups in total. The molecule has 1 aliphatic rings. The van der Waals surface area contributed by atoms with Crippen LogP contribution in [0.1, 0.15) is 11.5 Å². The number of fused-ring (bicyclic) bond motifs is 1. The van der Waals surface area contributed by atoms with Gasteiger partial charge >= 0.3 is 0 Å². The van der Waals surface area contributed by atoms with Crippen molar-refractivity contribution < 1.29 is 0 Å². The molecule has 130 valence electrons. The van der Waals surface area contributed by atoms with Crippen molar-refractivity contribution in [1.29, 1.82) is 0 Å². The zero-order chi connectivity index (χ0) is 17.4. The van der Waals surface area contributed by atoms with Crippen molar-refractivity contribution in [2.45, 2.75) is 13.5 Å². The van der Waals surface area contributed by atoms with E-state index in [-0.39, 0.29) is 5.56 Å². The molecule has 0 aromatic carbocycles. The van der Waals surface area contributed by atoms with Gasteiger partial charge in [0, 0.05) is 56.4 Å². The van der Waals surface area contributed by atoms with Crippen LogP contribution in [0.2, 0.25) is 5.15 Å². The Labute approximate surface area is 153 Å². The highest BCUT2D eigenvalue weighted by Crippen LogP contribution is 2.18. The molecule has 25 heavy (non-hydrogen) atoms. The predicted octanol–water partition coefficient (Wildman–Crippen LogP) is 1.83. The summed E-state index contributed by atoms with van der Waals surface area (Å²) in [5.41, 5.74) is 0.799. The highest BCUT2D eigenvalue weighted by Gasteiger charge is 2.19. The van der Waals surface area contributed by atoms with E-state index in [9.17, 15) is 4.79 Å². The van der Waals surface area contributed by atoms with Gasteiger partial charge in [0.15, 0.2) is 4.96 Å². The van der Waals surface area contributed by atoms with Crippen molar-refractivity contribution in [3.63, 3.8) is 0 Å². The average molecular weight is 377 g/mol. The van der Waals surface area contributed by atoms with Crippen molar-refractivity contribution in [2.24, 2.45) is 0 Å². The largest absolute Gasteiger partial charge is 0.354 e. The predicted molar refractivity (Wildman–Crippen MR) is 98.6 cm³/mol. The van der Waals surface area contributed by atoms with E-state index >= 15 is 0 Å². The van der Waals surface area contributed by atoms with E-state index in [1.54, 1.807) is 22.7 Å². The third kappa shape index (κ3) is 3.51. The summed E-state index contributed by atoms with van der Waals surface area (Å²) in [6, 6.07) is 3.43. The Morgan fingerprint density at radius 3 is 2.72 bits per heavy atom. The van der Waals surface area contributed by atoms with Crippen LogP contribution in [0.25, 0.3) is 4.96 Å². The Hall–Kier alpha value is -2.03. The summed E-state index contributed by atoms with van der Waals surface area (Å²) in [6.45, 7) is 6.00. The molecule has 0 bridgehead atoms. The minimum absolute atomic E-state index is 0.0222. The van der Waals surface area contributed by atoms with Crippen molar-refractivity contribution in [3.05, 3.63) is 50.7 Å². The molecule has 3 aromatic heterocycles. The molecular formula is C16H17ClN6OS. The molecule has 0 aliphatic carbocycles. The van der Waals surface area contributed by atoms with E-state index in [1.165, 1.54) is 11.3 Å². The van der Waals surface area contributed by atoms with Gasteiger partial charge in [-0.2, -0.15) is 0 Å². The second kappa shape index (κ2) is 6.70. The van der Waals surface area contributed by atoms with Gasteiger partial charge in [-0.15, -0.1) is 11.3 Å². The number of hydrogen-bond acceptors (Lipinski definition) is 7. The second-order valence-corrected chi connectivity index (χ2v) is 7.26. The van der Waals surface area contributed by atoms with Crippen LogP contribution in [0.15, 0.2) is 28.5 Å². The third-order valence-corrected chi connectivity index (χ3v) is 5.18. The SMILES string of the molecule is Cc1nc(Cl)cc(N2CCN(Cc3cc(=O)n4ccsc4n3)CC2)n1. The number of hydrogen-bond donors (Lipinski definition) is 0. The molecule has 7 nitrogen and oxygen atoms in total. The van der Waals surface area contributed by atoms with Crippen LogP contribution in [0.4, 0.5) is 5.82 Å². The normalized spacial score (nSPS) is 15.8. The Morgan fingerprint density at radius 1 is 1.16 bits per heavy atom. The molecule has 1 aliphatic heterocycles. The van der Waals surface area contributed by atoms with Crippen molar-refractivity contribution in [1.82, 2.24) is 24.3 Å². The lowest BCUT2D eigenvalue weighted by Gasteiger charge is -2.35. The number of halogens is 1. The van der Waals surface area contributed by atoms with Gasteiger partial charge in [0.25, 0.3) is 5.56 Å². The first kappa shape index (κ1) is 16.4. The summed E-state index contributed by atoms with van der Waals surface area (Å²) in [7, 11) is 0. The fourth-order valence-electron chi connectivity index (χ4n) is 3.01. The highest BCUT2D eigenvalue weighted by atomic mass is 35.5. The Balaban J connectivity index is 1.43. The molecule has 1 saturated heterocycles. The zero-order valence-corrected chi connectivity index (χ0v) is 15.3. The summed E-state index contributed by atoms with van der Waals surface area (Å²) in [6.07, 6.45) is 1.76. The van der Waals surface area contributed by atoms with Gasteiger partial charge in [0.2, 0.25) is 0 Å². The number of aromatic nitrogens is 4. The van der Waals surface area contributed by atoms with E-state index in [0.717, 1.165) is 42.7 Å². The smallest absolute Gasteiger partial charge is 0.258 e. The van der Waals surface area contributed by atoms with Gasteiger partial charge < -0.3 is 4.90 Å². The lowest BCUT2D eigenvalue weighted by molar-refractivity contribution is 0.246. The zero-order valence-electron chi connectivity index (χ0n) is 13.7. The standard InChI is InChI=1S/C16H17ClN6OS/c1-11-18-13(17)9-14(19-11)22-4-2-21(3-5-22)10-12-8-15(24)23-6-7-25-16(23)20-12/h6-9H,2-5,10H2,1H3. The van der Waals surface area contributed by atoms with E-state index in [2.05, 4.69) is 24.8 Å². The highest BCUT2D eigenvalue weighted by molar-refractivity contribution is 7.15. The fraction of sp³-hybridized carbons (Fsp3) is 0.375. The molecule has 0 amide bonds. The van der Waals surface area contributed by atoms with Gasteiger partial charge in [-0.25, -0.2) is 15.0 Å². The molecule has 0 unspecified atom stereocenters. The van der Waals surface area contributed by atoms with Crippen LogP contribution in [-0.2, 0) is 6.54 Å². The van der Waals surface area contributed by atoms with Crippen LogP contribution < -0.4 is 10.5 Å². The third-order valence-electron chi connectivity index (χ3n) is 4.23. The lowest BCUT2D eigenvalue weighted by atomic mass is 10.2. The maximum Gasteiger partial charge on any atom is 0.258 e. The van der Waals surface area contributed by atoms with E-state index in [4.69, 9.17) is 11.6 Å². The fourth-order valence-corrected chi connectivity index (χ4v) is 3.97. The molecule has 3 aromatic rings. The first-order valence-electron chi connectivity index (χ1n) is 8.03. The van der Waals surface area contributed by atoms with Gasteiger partial charge in [-0.05, 0) is 6.92 Å². The van der Waals surface area contributed by atoms with Crippen LogP contribution in [0, 0.1) is 6.92 Å². The van der Waals surface area contributed by atoms with Crippen LogP contribution in [0.5, 0.6) is 0 Å². The topological polar surface area (TPSA) is 66.6 Å². The van der Waals surface area contributed by atoms with Crippen LogP contribution in [-0.4, -0.2) is 50.4 Å². The Kier molecular flexibility index (Phi) is 4.41. The molecule has 0 radical (unpaired) electrons. The Morgan fingerprint density at radius 2 is 1.96 bits per heavy atom. The van der Waals surface area contributed by atoms with Gasteiger partial charge in [0.1, 0.15) is 16.8 Å². The monoisotopic (exact) mass is 376 g/mol. The summed E-state index contributed by atoms with van der Waals surface area (Å²) in [5, 5.41) is 2.35. The molecule has 1 fully saturated rings. The number of rotatable bonds is 3. The lowest BCUT2D eigenvalue weighted by Crippen LogP contribution is -2.46. The minimum Gasteiger partial charge on any atom is -0.354 e. The summed E-state index contributed by atoms with van der Waals surface area (Å²) >= 11 is 7.51. The van der Waals surface area contributed by atoms with Gasteiger partial charge in [-0.3, -0.25) is 14.1 Å². The molecular weight excluding hydrogens is 360 g/mol.